The highest BCUT2D eigenvalue weighted by Crippen LogP contribution is 2.34. The van der Waals surface area contributed by atoms with Crippen molar-refractivity contribution in [3.05, 3.63) is 40.5 Å². The van der Waals surface area contributed by atoms with Crippen LogP contribution < -0.4 is 9.47 Å². The molecule has 6 heteroatoms. The molecule has 0 radical (unpaired) electrons. The van der Waals surface area contributed by atoms with E-state index in [0.29, 0.717) is 6.29 Å². The maximum Gasteiger partial charge on any atom is 0.315 e. The van der Waals surface area contributed by atoms with Gasteiger partial charge in [0, 0.05) is 0 Å². The maximum absolute atomic E-state index is 10.8. The number of nitro groups is 1. The zero-order valence-corrected chi connectivity index (χ0v) is 9.21. The Balaban J connectivity index is 3.34. The molecule has 0 saturated heterocycles. The van der Waals surface area contributed by atoms with Crippen molar-refractivity contribution in [1.82, 2.24) is 0 Å². The van der Waals surface area contributed by atoms with Crippen LogP contribution in [-0.4, -0.2) is 24.9 Å². The molecule has 17 heavy (non-hydrogen) atoms. The highest BCUT2D eigenvalue weighted by molar-refractivity contribution is 5.83. The molecule has 0 N–H and O–H groups in total. The molecule has 0 spiro atoms. The number of hydrogen-bond acceptors (Lipinski definition) is 5. The van der Waals surface area contributed by atoms with E-state index >= 15 is 0 Å². The molecule has 0 aliphatic carbocycles. The van der Waals surface area contributed by atoms with Crippen LogP contribution in [0.25, 0.3) is 0 Å². The van der Waals surface area contributed by atoms with Crippen molar-refractivity contribution in [2.24, 2.45) is 0 Å². The van der Waals surface area contributed by atoms with Gasteiger partial charge in [-0.25, -0.2) is 0 Å². The number of nitro benzene ring substituents is 1. The largest absolute Gasteiger partial charge is 0.496 e. The Kier molecular flexibility index (Phi) is 4.21. The number of carbonyl (C=O) groups is 1. The van der Waals surface area contributed by atoms with Gasteiger partial charge in [0.2, 0.25) is 5.75 Å². The predicted molar refractivity (Wildman–Crippen MR) is 60.7 cm³/mol. The number of carbonyl (C=O) groups excluding carboxylic acids is 1. The first-order chi connectivity index (χ1) is 8.13. The second-order valence-electron chi connectivity index (χ2n) is 3.04. The molecule has 0 amide bonds. The van der Waals surface area contributed by atoms with Crippen LogP contribution in [0.5, 0.6) is 11.5 Å². The minimum atomic E-state index is -0.631. The lowest BCUT2D eigenvalue weighted by atomic mass is 10.1. The molecular weight excluding hydrogens is 226 g/mol. The average Bonchev–Trinajstić information content (AvgIpc) is 2.35. The van der Waals surface area contributed by atoms with E-state index in [-0.39, 0.29) is 29.4 Å². The number of hydrogen-bond donors (Lipinski definition) is 0. The van der Waals surface area contributed by atoms with Crippen LogP contribution >= 0.6 is 0 Å². The molecule has 0 atom stereocenters. The minimum absolute atomic E-state index is 0.0675. The van der Waals surface area contributed by atoms with Crippen LogP contribution in [0.2, 0.25) is 0 Å². The third-order valence-electron chi connectivity index (χ3n) is 1.98. The third kappa shape index (κ3) is 2.81. The highest BCUT2D eigenvalue weighted by Gasteiger charge is 2.21. The van der Waals surface area contributed by atoms with Crippen molar-refractivity contribution in [3.63, 3.8) is 0 Å². The standard InChI is InChI=1S/C11H11NO5/c1-3-4-17-11-8(7-13)5-9(16-2)6-10(11)12(14)15/h3,5-7H,1,4H2,2H3. The SMILES string of the molecule is C=CCOc1c(C=O)cc(OC)cc1[N+](=O)[O-]. The van der Waals surface area contributed by atoms with Crippen molar-refractivity contribution in [3.8, 4) is 11.5 Å². The Bertz CT molecular complexity index is 455. The second-order valence-corrected chi connectivity index (χ2v) is 3.04. The summed E-state index contributed by atoms with van der Waals surface area (Å²) in [6, 6.07) is 2.57. The molecule has 0 saturated carbocycles. The normalized spacial score (nSPS) is 9.47. The van der Waals surface area contributed by atoms with Crippen molar-refractivity contribution in [1.29, 1.82) is 0 Å². The van der Waals surface area contributed by atoms with Gasteiger partial charge in [0.1, 0.15) is 12.4 Å². The minimum Gasteiger partial charge on any atom is -0.496 e. The molecule has 0 heterocycles. The van der Waals surface area contributed by atoms with E-state index in [1.807, 2.05) is 0 Å². The Morgan fingerprint density at radius 1 is 1.53 bits per heavy atom. The molecule has 90 valence electrons. The van der Waals surface area contributed by atoms with Gasteiger partial charge in [-0.15, -0.1) is 0 Å². The van der Waals surface area contributed by atoms with Gasteiger partial charge >= 0.3 is 5.69 Å². The van der Waals surface area contributed by atoms with E-state index in [4.69, 9.17) is 9.47 Å². The van der Waals surface area contributed by atoms with E-state index in [9.17, 15) is 14.9 Å². The van der Waals surface area contributed by atoms with Gasteiger partial charge in [0.15, 0.2) is 6.29 Å². The first-order valence-corrected chi connectivity index (χ1v) is 4.69. The van der Waals surface area contributed by atoms with Gasteiger partial charge in [-0.2, -0.15) is 0 Å². The lowest BCUT2D eigenvalue weighted by Crippen LogP contribution is -2.02. The fourth-order valence-electron chi connectivity index (χ4n) is 1.25. The molecule has 1 aromatic rings. The molecule has 0 unspecified atom stereocenters. The molecule has 1 rings (SSSR count). The lowest BCUT2D eigenvalue weighted by Gasteiger charge is -2.08. The summed E-state index contributed by atoms with van der Waals surface area (Å²) in [5.41, 5.74) is -0.244. The molecule has 1 aromatic carbocycles. The second kappa shape index (κ2) is 5.64. The fourth-order valence-corrected chi connectivity index (χ4v) is 1.25. The third-order valence-corrected chi connectivity index (χ3v) is 1.98. The molecule has 0 fully saturated rings. The van der Waals surface area contributed by atoms with E-state index < -0.39 is 4.92 Å². The Hall–Kier alpha value is -2.37. The van der Waals surface area contributed by atoms with Crippen LogP contribution in [0.3, 0.4) is 0 Å². The first kappa shape index (κ1) is 12.7. The summed E-state index contributed by atoms with van der Waals surface area (Å²) in [5, 5.41) is 10.8. The van der Waals surface area contributed by atoms with Crippen molar-refractivity contribution >= 4 is 12.0 Å². The van der Waals surface area contributed by atoms with Crippen LogP contribution in [0.4, 0.5) is 5.69 Å². The van der Waals surface area contributed by atoms with Gasteiger partial charge in [-0.05, 0) is 6.07 Å². The summed E-state index contributed by atoms with van der Waals surface area (Å²) in [4.78, 5) is 21.1. The summed E-state index contributed by atoms with van der Waals surface area (Å²) in [7, 11) is 1.36. The van der Waals surface area contributed by atoms with E-state index in [0.717, 1.165) is 0 Å². The molecule has 6 nitrogen and oxygen atoms in total. The van der Waals surface area contributed by atoms with Gasteiger partial charge in [-0.1, -0.05) is 12.7 Å². The van der Waals surface area contributed by atoms with Crippen LogP contribution in [0.15, 0.2) is 24.8 Å². The number of rotatable bonds is 6. The van der Waals surface area contributed by atoms with Crippen molar-refractivity contribution in [2.75, 3.05) is 13.7 Å². The van der Waals surface area contributed by atoms with Crippen molar-refractivity contribution in [2.45, 2.75) is 0 Å². The fraction of sp³-hybridized carbons (Fsp3) is 0.182. The molecule has 0 aliphatic heterocycles. The zero-order chi connectivity index (χ0) is 12.8. The summed E-state index contributed by atoms with van der Waals surface area (Å²) < 4.78 is 9.99. The van der Waals surface area contributed by atoms with Crippen molar-refractivity contribution < 1.29 is 19.2 Å². The smallest absolute Gasteiger partial charge is 0.315 e. The van der Waals surface area contributed by atoms with Gasteiger partial charge in [0.25, 0.3) is 0 Å². The Morgan fingerprint density at radius 2 is 2.24 bits per heavy atom. The number of benzene rings is 1. The first-order valence-electron chi connectivity index (χ1n) is 4.69. The molecule has 0 bridgehead atoms. The van der Waals surface area contributed by atoms with Gasteiger partial charge < -0.3 is 9.47 Å². The van der Waals surface area contributed by atoms with E-state index in [1.54, 1.807) is 0 Å². The summed E-state index contributed by atoms with van der Waals surface area (Å²) in [6.07, 6.45) is 1.91. The predicted octanol–water partition coefficient (Wildman–Crippen LogP) is 1.98. The van der Waals surface area contributed by atoms with Gasteiger partial charge in [0.05, 0.1) is 23.7 Å². The van der Waals surface area contributed by atoms with E-state index in [1.165, 1.54) is 25.3 Å². The highest BCUT2D eigenvalue weighted by atomic mass is 16.6. The van der Waals surface area contributed by atoms with E-state index in [2.05, 4.69) is 6.58 Å². The summed E-state index contributed by atoms with van der Waals surface area (Å²) in [5.74, 6) is 0.149. The molecule has 0 aromatic heterocycles. The molecular formula is C11H11NO5. The maximum atomic E-state index is 10.8. The zero-order valence-electron chi connectivity index (χ0n) is 9.21. The van der Waals surface area contributed by atoms with Crippen LogP contribution in [0, 0.1) is 10.1 Å². The number of methoxy groups -OCH3 is 1. The van der Waals surface area contributed by atoms with Gasteiger partial charge in [-0.3, -0.25) is 14.9 Å². The Labute approximate surface area is 97.6 Å². The molecule has 0 aliphatic rings. The summed E-state index contributed by atoms with van der Waals surface area (Å²) in [6.45, 7) is 3.51. The quantitative estimate of drug-likeness (QED) is 0.327. The number of ether oxygens (including phenoxy) is 2. The summed E-state index contributed by atoms with van der Waals surface area (Å²) >= 11 is 0. The van der Waals surface area contributed by atoms with Crippen LogP contribution in [0.1, 0.15) is 10.4 Å². The lowest BCUT2D eigenvalue weighted by molar-refractivity contribution is -0.385. The van der Waals surface area contributed by atoms with Crippen LogP contribution in [-0.2, 0) is 0 Å². The number of nitrogens with zero attached hydrogens (tertiary/aromatic N) is 1. The monoisotopic (exact) mass is 237 g/mol. The average molecular weight is 237 g/mol. The number of aldehydes is 1. The Morgan fingerprint density at radius 3 is 2.71 bits per heavy atom. The topological polar surface area (TPSA) is 78.7 Å².